The standard InChI is InChI=1S/C8H14ClN3O2S/c1-3-12(7-5-9)15(13,14)8-4-6-10-11(8)2/h4,6H,3,5,7H2,1-2H3. The van der Waals surface area contributed by atoms with Crippen LogP contribution in [0.1, 0.15) is 6.92 Å². The van der Waals surface area contributed by atoms with Crippen molar-refractivity contribution in [3.63, 3.8) is 0 Å². The van der Waals surface area contributed by atoms with Crippen LogP contribution in [0.15, 0.2) is 17.3 Å². The zero-order valence-corrected chi connectivity index (χ0v) is 10.3. The number of hydrogen-bond acceptors (Lipinski definition) is 3. The Balaban J connectivity index is 3.06. The maximum atomic E-state index is 12.0. The summed E-state index contributed by atoms with van der Waals surface area (Å²) in [6.45, 7) is 2.49. The molecule has 1 aromatic rings. The second-order valence-corrected chi connectivity index (χ2v) is 5.24. The van der Waals surface area contributed by atoms with Gasteiger partial charge in [0.15, 0.2) is 5.03 Å². The van der Waals surface area contributed by atoms with Gasteiger partial charge in [-0.3, -0.25) is 4.68 Å². The Hall–Kier alpha value is -0.590. The van der Waals surface area contributed by atoms with Gasteiger partial charge in [0.05, 0.1) is 6.20 Å². The van der Waals surface area contributed by atoms with Crippen LogP contribution in [0.4, 0.5) is 0 Å². The van der Waals surface area contributed by atoms with Crippen LogP contribution in [-0.4, -0.2) is 41.5 Å². The lowest BCUT2D eigenvalue weighted by Crippen LogP contribution is -2.33. The van der Waals surface area contributed by atoms with Crippen molar-refractivity contribution in [2.75, 3.05) is 19.0 Å². The molecule has 0 spiro atoms. The molecule has 15 heavy (non-hydrogen) atoms. The average molecular weight is 252 g/mol. The van der Waals surface area contributed by atoms with Crippen LogP contribution in [-0.2, 0) is 17.1 Å². The number of hydrogen-bond donors (Lipinski definition) is 0. The Kier molecular flexibility index (Phi) is 4.12. The minimum absolute atomic E-state index is 0.189. The number of aromatic nitrogens is 2. The average Bonchev–Trinajstić information content (AvgIpc) is 2.61. The number of alkyl halides is 1. The molecule has 0 fully saturated rings. The SMILES string of the molecule is CCN(CCCl)S(=O)(=O)c1ccnn1C. The summed E-state index contributed by atoms with van der Waals surface area (Å²) >= 11 is 5.55. The first-order valence-corrected chi connectivity index (χ1v) is 6.55. The topological polar surface area (TPSA) is 55.2 Å². The van der Waals surface area contributed by atoms with Crippen molar-refractivity contribution in [2.24, 2.45) is 7.05 Å². The van der Waals surface area contributed by atoms with E-state index in [1.807, 2.05) is 0 Å². The fourth-order valence-corrected chi connectivity index (χ4v) is 3.14. The third-order valence-electron chi connectivity index (χ3n) is 2.07. The van der Waals surface area contributed by atoms with E-state index in [1.165, 1.54) is 21.3 Å². The van der Waals surface area contributed by atoms with Crippen LogP contribution in [0.2, 0.25) is 0 Å². The molecule has 1 rings (SSSR count). The van der Waals surface area contributed by atoms with Gasteiger partial charge in [0, 0.05) is 26.0 Å². The van der Waals surface area contributed by atoms with Gasteiger partial charge < -0.3 is 0 Å². The Morgan fingerprint density at radius 3 is 2.67 bits per heavy atom. The van der Waals surface area contributed by atoms with Crippen molar-refractivity contribution >= 4 is 21.6 Å². The molecule has 0 amide bonds. The first-order valence-electron chi connectivity index (χ1n) is 4.58. The number of sulfonamides is 1. The Morgan fingerprint density at radius 2 is 2.27 bits per heavy atom. The third-order valence-corrected chi connectivity index (χ3v) is 4.29. The molecule has 0 aromatic carbocycles. The smallest absolute Gasteiger partial charge is 0.256 e. The summed E-state index contributed by atoms with van der Waals surface area (Å²) in [4.78, 5) is 0. The summed E-state index contributed by atoms with van der Waals surface area (Å²) in [5.74, 6) is 0.283. The molecule has 0 aliphatic heterocycles. The first-order chi connectivity index (χ1) is 7.04. The molecule has 0 bridgehead atoms. The maximum absolute atomic E-state index is 12.0. The predicted molar refractivity (Wildman–Crippen MR) is 58.4 cm³/mol. The van der Waals surface area contributed by atoms with Crippen molar-refractivity contribution in [2.45, 2.75) is 11.9 Å². The van der Waals surface area contributed by atoms with Gasteiger partial charge in [0.2, 0.25) is 0 Å². The molecule has 1 aromatic heterocycles. The first kappa shape index (κ1) is 12.5. The zero-order valence-electron chi connectivity index (χ0n) is 8.72. The monoisotopic (exact) mass is 251 g/mol. The molecule has 0 unspecified atom stereocenters. The summed E-state index contributed by atoms with van der Waals surface area (Å²) in [5, 5.41) is 4.03. The third kappa shape index (κ3) is 2.50. The van der Waals surface area contributed by atoms with Gasteiger partial charge in [-0.1, -0.05) is 6.92 Å². The van der Waals surface area contributed by atoms with Gasteiger partial charge in [0.25, 0.3) is 10.0 Å². The van der Waals surface area contributed by atoms with Gasteiger partial charge >= 0.3 is 0 Å². The summed E-state index contributed by atoms with van der Waals surface area (Å²) < 4.78 is 26.8. The van der Waals surface area contributed by atoms with E-state index >= 15 is 0 Å². The summed E-state index contributed by atoms with van der Waals surface area (Å²) in [6.07, 6.45) is 1.46. The van der Waals surface area contributed by atoms with Gasteiger partial charge in [-0.05, 0) is 6.07 Å². The van der Waals surface area contributed by atoms with Gasteiger partial charge in [0.1, 0.15) is 0 Å². The van der Waals surface area contributed by atoms with Gasteiger partial charge in [-0.25, -0.2) is 8.42 Å². The number of nitrogens with zero attached hydrogens (tertiary/aromatic N) is 3. The van der Waals surface area contributed by atoms with E-state index in [0.717, 1.165) is 0 Å². The van der Waals surface area contributed by atoms with Crippen molar-refractivity contribution < 1.29 is 8.42 Å². The molecule has 0 radical (unpaired) electrons. The van der Waals surface area contributed by atoms with Gasteiger partial charge in [-0.15, -0.1) is 11.6 Å². The number of halogens is 1. The molecule has 0 aliphatic carbocycles. The molecule has 7 heteroatoms. The van der Waals surface area contributed by atoms with Crippen molar-refractivity contribution in [1.82, 2.24) is 14.1 Å². The molecular weight excluding hydrogens is 238 g/mol. The molecule has 0 N–H and O–H groups in total. The molecule has 5 nitrogen and oxygen atoms in total. The van der Waals surface area contributed by atoms with E-state index < -0.39 is 10.0 Å². The van der Waals surface area contributed by atoms with E-state index in [-0.39, 0.29) is 10.9 Å². The molecular formula is C8H14ClN3O2S. The van der Waals surface area contributed by atoms with Crippen LogP contribution in [0.25, 0.3) is 0 Å². The number of rotatable bonds is 5. The quantitative estimate of drug-likeness (QED) is 0.723. The second-order valence-electron chi connectivity index (χ2n) is 2.98. The second kappa shape index (κ2) is 4.96. The van der Waals surface area contributed by atoms with E-state index in [4.69, 9.17) is 11.6 Å². The van der Waals surface area contributed by atoms with Crippen LogP contribution in [0, 0.1) is 0 Å². The van der Waals surface area contributed by atoms with E-state index in [0.29, 0.717) is 13.1 Å². The summed E-state index contributed by atoms with van der Waals surface area (Å²) in [5.41, 5.74) is 0. The molecule has 0 saturated carbocycles. The van der Waals surface area contributed by atoms with Crippen molar-refractivity contribution in [1.29, 1.82) is 0 Å². The van der Waals surface area contributed by atoms with Crippen LogP contribution >= 0.6 is 11.6 Å². The van der Waals surface area contributed by atoms with Crippen LogP contribution in [0.3, 0.4) is 0 Å². The highest BCUT2D eigenvalue weighted by atomic mass is 35.5. The lowest BCUT2D eigenvalue weighted by Gasteiger charge is -2.18. The molecule has 0 aliphatic rings. The molecule has 1 heterocycles. The zero-order chi connectivity index (χ0) is 11.5. The fourth-order valence-electron chi connectivity index (χ4n) is 1.29. The highest BCUT2D eigenvalue weighted by Gasteiger charge is 2.25. The predicted octanol–water partition coefficient (Wildman–Crippen LogP) is 0.669. The minimum atomic E-state index is -3.45. The van der Waals surface area contributed by atoms with Crippen LogP contribution in [0.5, 0.6) is 0 Å². The normalized spacial score (nSPS) is 12.3. The Bertz CT molecular complexity index is 415. The highest BCUT2D eigenvalue weighted by Crippen LogP contribution is 2.13. The van der Waals surface area contributed by atoms with Crippen molar-refractivity contribution in [3.8, 4) is 0 Å². The van der Waals surface area contributed by atoms with E-state index in [2.05, 4.69) is 5.10 Å². The van der Waals surface area contributed by atoms with E-state index in [9.17, 15) is 8.42 Å². The summed E-state index contributed by atoms with van der Waals surface area (Å²) in [6, 6.07) is 1.48. The summed E-state index contributed by atoms with van der Waals surface area (Å²) in [7, 11) is -1.85. The maximum Gasteiger partial charge on any atom is 0.260 e. The van der Waals surface area contributed by atoms with Crippen LogP contribution < -0.4 is 0 Å². The van der Waals surface area contributed by atoms with Crippen molar-refractivity contribution in [3.05, 3.63) is 12.3 Å². The minimum Gasteiger partial charge on any atom is -0.256 e. The Labute approximate surface area is 94.7 Å². The Morgan fingerprint density at radius 1 is 1.60 bits per heavy atom. The molecule has 0 saturated heterocycles. The van der Waals surface area contributed by atoms with Gasteiger partial charge in [-0.2, -0.15) is 9.40 Å². The largest absolute Gasteiger partial charge is 0.260 e. The van der Waals surface area contributed by atoms with E-state index in [1.54, 1.807) is 14.0 Å². The number of aryl methyl sites for hydroxylation is 1. The molecule has 0 atom stereocenters. The lowest BCUT2D eigenvalue weighted by atomic mass is 10.7. The highest BCUT2D eigenvalue weighted by molar-refractivity contribution is 7.89. The lowest BCUT2D eigenvalue weighted by molar-refractivity contribution is 0.439. The fraction of sp³-hybridized carbons (Fsp3) is 0.625. The molecule has 86 valence electrons.